The lowest BCUT2D eigenvalue weighted by Crippen LogP contribution is -2.27. The van der Waals surface area contributed by atoms with Gasteiger partial charge in [0.1, 0.15) is 11.6 Å². The van der Waals surface area contributed by atoms with E-state index in [0.29, 0.717) is 13.2 Å². The Kier molecular flexibility index (Phi) is 5.94. The summed E-state index contributed by atoms with van der Waals surface area (Å²) in [7, 11) is 1.56. The minimum absolute atomic E-state index is 0.0828. The number of aryl methyl sites for hydroxylation is 1. The first-order chi connectivity index (χ1) is 11.6. The first-order valence-electron chi connectivity index (χ1n) is 7.71. The fourth-order valence-electron chi connectivity index (χ4n) is 2.57. The SMILES string of the molecule is COCCNC(=O)/C(C#N)=C/c1cc(C)n(-c2ccccc2)c1C. The smallest absolute Gasteiger partial charge is 0.262 e. The highest BCUT2D eigenvalue weighted by Crippen LogP contribution is 2.22. The molecule has 0 unspecified atom stereocenters. The van der Waals surface area contributed by atoms with Crippen LogP contribution in [0.2, 0.25) is 0 Å². The number of nitrogens with zero attached hydrogens (tertiary/aromatic N) is 2. The minimum atomic E-state index is -0.390. The van der Waals surface area contributed by atoms with Crippen LogP contribution in [-0.4, -0.2) is 30.7 Å². The highest BCUT2D eigenvalue weighted by Gasteiger charge is 2.13. The summed E-state index contributed by atoms with van der Waals surface area (Å²) in [5.74, 6) is -0.390. The predicted molar refractivity (Wildman–Crippen MR) is 93.7 cm³/mol. The first-order valence-corrected chi connectivity index (χ1v) is 7.71. The van der Waals surface area contributed by atoms with Crippen molar-refractivity contribution in [3.05, 3.63) is 58.9 Å². The Morgan fingerprint density at radius 3 is 2.67 bits per heavy atom. The van der Waals surface area contributed by atoms with Crippen LogP contribution < -0.4 is 5.32 Å². The number of carbonyl (C=O) groups is 1. The van der Waals surface area contributed by atoms with Gasteiger partial charge in [-0.25, -0.2) is 0 Å². The Morgan fingerprint density at radius 2 is 2.04 bits per heavy atom. The van der Waals surface area contributed by atoms with Crippen molar-refractivity contribution < 1.29 is 9.53 Å². The molecule has 0 fully saturated rings. The molecule has 1 N–H and O–H groups in total. The summed E-state index contributed by atoms with van der Waals surface area (Å²) in [5, 5.41) is 11.9. The van der Waals surface area contributed by atoms with Crippen molar-refractivity contribution in [2.45, 2.75) is 13.8 Å². The van der Waals surface area contributed by atoms with Gasteiger partial charge in [0.15, 0.2) is 0 Å². The van der Waals surface area contributed by atoms with Crippen LogP contribution in [0.1, 0.15) is 17.0 Å². The summed E-state index contributed by atoms with van der Waals surface area (Å²) < 4.78 is 6.99. The Bertz CT molecular complexity index is 783. The van der Waals surface area contributed by atoms with E-state index in [9.17, 15) is 10.1 Å². The summed E-state index contributed by atoms with van der Waals surface area (Å²) >= 11 is 0. The van der Waals surface area contributed by atoms with Crippen molar-refractivity contribution in [3.8, 4) is 11.8 Å². The molecule has 5 heteroatoms. The summed E-state index contributed by atoms with van der Waals surface area (Å²) in [5.41, 5.74) is 4.02. The zero-order valence-corrected chi connectivity index (χ0v) is 14.2. The molecule has 0 aliphatic heterocycles. The molecule has 124 valence electrons. The van der Waals surface area contributed by atoms with Gasteiger partial charge in [-0.3, -0.25) is 4.79 Å². The van der Waals surface area contributed by atoms with Gasteiger partial charge in [0, 0.05) is 30.7 Å². The number of hydrogen-bond donors (Lipinski definition) is 1. The maximum Gasteiger partial charge on any atom is 0.262 e. The van der Waals surface area contributed by atoms with Gasteiger partial charge in [-0.05, 0) is 43.7 Å². The van der Waals surface area contributed by atoms with Crippen molar-refractivity contribution in [1.29, 1.82) is 5.26 Å². The van der Waals surface area contributed by atoms with Crippen LogP contribution in [0.25, 0.3) is 11.8 Å². The third-order valence-corrected chi connectivity index (χ3v) is 3.74. The van der Waals surface area contributed by atoms with Crippen molar-refractivity contribution >= 4 is 12.0 Å². The van der Waals surface area contributed by atoms with Crippen molar-refractivity contribution in [2.75, 3.05) is 20.3 Å². The van der Waals surface area contributed by atoms with Crippen molar-refractivity contribution in [1.82, 2.24) is 9.88 Å². The molecule has 1 aromatic carbocycles. The first kappa shape index (κ1) is 17.5. The highest BCUT2D eigenvalue weighted by atomic mass is 16.5. The fraction of sp³-hybridized carbons (Fsp3) is 0.263. The summed E-state index contributed by atoms with van der Waals surface area (Å²) in [6.45, 7) is 4.76. The quantitative estimate of drug-likeness (QED) is 0.505. The maximum absolute atomic E-state index is 12.1. The molecule has 0 saturated heterocycles. The number of para-hydroxylation sites is 1. The molecule has 0 bridgehead atoms. The number of benzene rings is 1. The summed E-state index contributed by atoms with van der Waals surface area (Å²) in [6, 6.07) is 13.9. The molecule has 0 aliphatic carbocycles. The number of nitrogens with one attached hydrogen (secondary N) is 1. The molecule has 0 aliphatic rings. The molecular weight excluding hydrogens is 302 g/mol. The average Bonchev–Trinajstić information content (AvgIpc) is 2.87. The molecule has 2 aromatic rings. The van der Waals surface area contributed by atoms with E-state index in [4.69, 9.17) is 4.74 Å². The predicted octanol–water partition coefficient (Wildman–Crippen LogP) is 2.76. The van der Waals surface area contributed by atoms with Gasteiger partial charge >= 0.3 is 0 Å². The molecule has 2 rings (SSSR count). The van der Waals surface area contributed by atoms with E-state index in [1.165, 1.54) is 0 Å². The van der Waals surface area contributed by atoms with Crippen molar-refractivity contribution in [3.63, 3.8) is 0 Å². The second kappa shape index (κ2) is 8.14. The van der Waals surface area contributed by atoms with E-state index < -0.39 is 0 Å². The van der Waals surface area contributed by atoms with E-state index in [0.717, 1.165) is 22.6 Å². The van der Waals surface area contributed by atoms with Gasteiger partial charge in [0.25, 0.3) is 5.91 Å². The second-order valence-electron chi connectivity index (χ2n) is 5.42. The topological polar surface area (TPSA) is 67.0 Å². The molecule has 24 heavy (non-hydrogen) atoms. The lowest BCUT2D eigenvalue weighted by Gasteiger charge is -2.09. The zero-order valence-electron chi connectivity index (χ0n) is 14.2. The van der Waals surface area contributed by atoms with E-state index in [2.05, 4.69) is 9.88 Å². The van der Waals surface area contributed by atoms with Gasteiger partial charge in [-0.1, -0.05) is 18.2 Å². The number of hydrogen-bond acceptors (Lipinski definition) is 3. The second-order valence-corrected chi connectivity index (χ2v) is 5.42. The van der Waals surface area contributed by atoms with Crippen LogP contribution in [0.3, 0.4) is 0 Å². The molecule has 0 saturated carbocycles. The van der Waals surface area contributed by atoms with Crippen LogP contribution in [0.4, 0.5) is 0 Å². The van der Waals surface area contributed by atoms with Gasteiger partial charge < -0.3 is 14.6 Å². The number of amides is 1. The van der Waals surface area contributed by atoms with Gasteiger partial charge in [0.05, 0.1) is 6.61 Å². The number of methoxy groups -OCH3 is 1. The maximum atomic E-state index is 12.1. The van der Waals surface area contributed by atoms with Crippen LogP contribution in [0.15, 0.2) is 42.0 Å². The molecule has 0 spiro atoms. The molecular formula is C19H21N3O2. The molecule has 1 amide bonds. The minimum Gasteiger partial charge on any atom is -0.383 e. The largest absolute Gasteiger partial charge is 0.383 e. The molecule has 5 nitrogen and oxygen atoms in total. The summed E-state index contributed by atoms with van der Waals surface area (Å²) in [4.78, 5) is 12.1. The number of aromatic nitrogens is 1. The lowest BCUT2D eigenvalue weighted by molar-refractivity contribution is -0.117. The number of carbonyl (C=O) groups excluding carboxylic acids is 1. The lowest BCUT2D eigenvalue weighted by atomic mass is 10.1. The standard InChI is InChI=1S/C19H21N3O2/c1-14-11-16(12-17(13-20)19(23)21-9-10-24-3)15(2)22(14)18-7-5-4-6-8-18/h4-8,11-12H,9-10H2,1-3H3,(H,21,23)/b17-12+. The molecule has 0 atom stereocenters. The third kappa shape index (κ3) is 3.92. The van der Waals surface area contributed by atoms with Crippen LogP contribution >= 0.6 is 0 Å². The number of ether oxygens (including phenoxy) is 1. The highest BCUT2D eigenvalue weighted by molar-refractivity contribution is 6.01. The van der Waals surface area contributed by atoms with E-state index >= 15 is 0 Å². The molecule has 1 aromatic heterocycles. The van der Waals surface area contributed by atoms with Gasteiger partial charge in [-0.15, -0.1) is 0 Å². The Morgan fingerprint density at radius 1 is 1.33 bits per heavy atom. The number of rotatable bonds is 6. The van der Waals surface area contributed by atoms with Gasteiger partial charge in [0.2, 0.25) is 0 Å². The van der Waals surface area contributed by atoms with Gasteiger partial charge in [-0.2, -0.15) is 5.26 Å². The normalized spacial score (nSPS) is 11.2. The van der Waals surface area contributed by atoms with Crippen LogP contribution in [-0.2, 0) is 9.53 Å². The fourth-order valence-corrected chi connectivity index (χ4v) is 2.57. The third-order valence-electron chi connectivity index (χ3n) is 3.74. The van der Waals surface area contributed by atoms with Crippen molar-refractivity contribution in [2.24, 2.45) is 0 Å². The average molecular weight is 323 g/mol. The monoisotopic (exact) mass is 323 g/mol. The van der Waals surface area contributed by atoms with E-state index in [-0.39, 0.29) is 11.5 Å². The van der Waals surface area contributed by atoms with E-state index in [1.54, 1.807) is 13.2 Å². The molecule has 0 radical (unpaired) electrons. The Labute approximate surface area is 142 Å². The Hall–Kier alpha value is -2.84. The Balaban J connectivity index is 2.32. The van der Waals surface area contributed by atoms with E-state index in [1.807, 2.05) is 56.3 Å². The molecule has 1 heterocycles. The number of nitriles is 1. The summed E-state index contributed by atoms with van der Waals surface area (Å²) in [6.07, 6.45) is 1.63. The van der Waals surface area contributed by atoms with Crippen LogP contribution in [0.5, 0.6) is 0 Å². The van der Waals surface area contributed by atoms with Crippen LogP contribution in [0, 0.1) is 25.2 Å². The zero-order chi connectivity index (χ0) is 17.5.